The number of rotatable bonds is 3. The molecule has 0 aliphatic carbocycles. The molecular weight excluding hydrogens is 440 g/mol. The largest absolute Gasteiger partial charge is 0.505 e. The van der Waals surface area contributed by atoms with Gasteiger partial charge in [0.15, 0.2) is 11.6 Å². The van der Waals surface area contributed by atoms with Crippen LogP contribution in [-0.4, -0.2) is 52.4 Å². The summed E-state index contributed by atoms with van der Waals surface area (Å²) < 4.78 is 77.6. The first-order chi connectivity index (χ1) is 14.4. The fourth-order valence-electron chi connectivity index (χ4n) is 3.45. The SMILES string of the molecule is CS(=O)(=O)N1CC=C(c2cc3[nH]nc(-c4cc(O)c(F)c(C(F)(F)F)c4)c3cn2)CC1. The smallest absolute Gasteiger partial charge is 0.419 e. The van der Waals surface area contributed by atoms with Crippen LogP contribution in [0.1, 0.15) is 17.7 Å². The van der Waals surface area contributed by atoms with Gasteiger partial charge in [-0.2, -0.15) is 22.6 Å². The molecule has 164 valence electrons. The lowest BCUT2D eigenvalue weighted by Crippen LogP contribution is -2.33. The Morgan fingerprint density at radius 3 is 2.58 bits per heavy atom. The minimum absolute atomic E-state index is 0.0794. The lowest BCUT2D eigenvalue weighted by Gasteiger charge is -2.23. The van der Waals surface area contributed by atoms with E-state index < -0.39 is 33.3 Å². The number of phenolic OH excluding ortho intramolecular Hbond substituents is 1. The topological polar surface area (TPSA) is 99.2 Å². The van der Waals surface area contributed by atoms with E-state index in [4.69, 9.17) is 0 Å². The highest BCUT2D eigenvalue weighted by Gasteiger charge is 2.36. The van der Waals surface area contributed by atoms with E-state index in [0.29, 0.717) is 35.6 Å². The van der Waals surface area contributed by atoms with Gasteiger partial charge in [0.25, 0.3) is 0 Å². The van der Waals surface area contributed by atoms with Crippen molar-refractivity contribution in [1.82, 2.24) is 19.5 Å². The molecule has 0 bridgehead atoms. The van der Waals surface area contributed by atoms with Crippen LogP contribution in [0.4, 0.5) is 17.6 Å². The molecule has 31 heavy (non-hydrogen) atoms. The maximum atomic E-state index is 13.7. The molecule has 7 nitrogen and oxygen atoms in total. The summed E-state index contributed by atoms with van der Waals surface area (Å²) in [6.45, 7) is 0.533. The summed E-state index contributed by atoms with van der Waals surface area (Å²) in [4.78, 5) is 4.33. The van der Waals surface area contributed by atoms with Crippen molar-refractivity contribution in [2.24, 2.45) is 0 Å². The Labute approximate surface area is 174 Å². The zero-order valence-electron chi connectivity index (χ0n) is 16.0. The molecule has 0 atom stereocenters. The molecule has 4 rings (SSSR count). The lowest BCUT2D eigenvalue weighted by atomic mass is 10.0. The molecular formula is C19H16F4N4O3S. The number of H-pyrrole nitrogens is 1. The van der Waals surface area contributed by atoms with E-state index in [2.05, 4.69) is 15.2 Å². The van der Waals surface area contributed by atoms with Gasteiger partial charge >= 0.3 is 6.18 Å². The normalized spacial score (nSPS) is 16.0. The molecule has 0 fully saturated rings. The Morgan fingerprint density at radius 2 is 1.97 bits per heavy atom. The van der Waals surface area contributed by atoms with Crippen LogP contribution in [0.5, 0.6) is 5.75 Å². The van der Waals surface area contributed by atoms with Crippen molar-refractivity contribution in [2.75, 3.05) is 19.3 Å². The standard InChI is InChI=1S/C19H16F4N4O3S/c1-31(29,30)27-4-2-10(3-5-27)14-8-15-12(9-24-14)18(26-25-15)11-6-13(19(21,22)23)17(20)16(28)7-11/h2,6-9,28H,3-5H2,1H3,(H,25,26). The Hall–Kier alpha value is -2.99. The number of benzene rings is 1. The Bertz CT molecular complexity index is 1320. The summed E-state index contributed by atoms with van der Waals surface area (Å²) in [5.74, 6) is -2.88. The van der Waals surface area contributed by atoms with Crippen molar-refractivity contribution in [2.45, 2.75) is 12.6 Å². The first-order valence-corrected chi connectivity index (χ1v) is 10.9. The van der Waals surface area contributed by atoms with Gasteiger partial charge in [-0.05, 0) is 30.2 Å². The first-order valence-electron chi connectivity index (χ1n) is 9.04. The number of aromatic nitrogens is 3. The average Bonchev–Trinajstić information content (AvgIpc) is 3.11. The number of nitrogens with one attached hydrogen (secondary N) is 1. The van der Waals surface area contributed by atoms with E-state index in [9.17, 15) is 31.1 Å². The predicted molar refractivity (Wildman–Crippen MR) is 105 cm³/mol. The van der Waals surface area contributed by atoms with E-state index in [-0.39, 0.29) is 17.8 Å². The van der Waals surface area contributed by atoms with Crippen molar-refractivity contribution in [3.05, 3.63) is 47.5 Å². The third-order valence-electron chi connectivity index (χ3n) is 5.05. The van der Waals surface area contributed by atoms with Gasteiger partial charge in [-0.25, -0.2) is 12.8 Å². The van der Waals surface area contributed by atoms with E-state index in [0.717, 1.165) is 17.9 Å². The second-order valence-corrected chi connectivity index (χ2v) is 9.12. The number of halogens is 4. The number of aromatic amines is 1. The third-order valence-corrected chi connectivity index (χ3v) is 6.32. The molecule has 2 aromatic heterocycles. The van der Waals surface area contributed by atoms with Gasteiger partial charge in [0.2, 0.25) is 10.0 Å². The number of pyridine rings is 1. The minimum Gasteiger partial charge on any atom is -0.505 e. The van der Waals surface area contributed by atoms with Gasteiger partial charge in [-0.3, -0.25) is 10.1 Å². The van der Waals surface area contributed by atoms with E-state index in [1.165, 1.54) is 10.5 Å². The monoisotopic (exact) mass is 456 g/mol. The second-order valence-electron chi connectivity index (χ2n) is 7.14. The van der Waals surface area contributed by atoms with Crippen LogP contribution in [0.15, 0.2) is 30.5 Å². The van der Waals surface area contributed by atoms with Crippen molar-refractivity contribution < 1.29 is 31.1 Å². The third kappa shape index (κ3) is 4.00. The van der Waals surface area contributed by atoms with Gasteiger partial charge in [-0.15, -0.1) is 0 Å². The van der Waals surface area contributed by atoms with Crippen LogP contribution in [0.2, 0.25) is 0 Å². The van der Waals surface area contributed by atoms with Crippen molar-refractivity contribution in [1.29, 1.82) is 0 Å². The molecule has 12 heteroatoms. The van der Waals surface area contributed by atoms with E-state index >= 15 is 0 Å². The lowest BCUT2D eigenvalue weighted by molar-refractivity contribution is -0.140. The summed E-state index contributed by atoms with van der Waals surface area (Å²) >= 11 is 0. The van der Waals surface area contributed by atoms with E-state index in [1.54, 1.807) is 12.1 Å². The molecule has 0 unspecified atom stereocenters. The van der Waals surface area contributed by atoms with Crippen LogP contribution in [-0.2, 0) is 16.2 Å². The Balaban J connectivity index is 1.71. The molecule has 0 amide bonds. The van der Waals surface area contributed by atoms with Crippen molar-refractivity contribution in [3.63, 3.8) is 0 Å². The Morgan fingerprint density at radius 1 is 1.23 bits per heavy atom. The molecule has 3 aromatic rings. The number of nitrogens with zero attached hydrogens (tertiary/aromatic N) is 3. The molecule has 0 saturated heterocycles. The molecule has 0 radical (unpaired) electrons. The highest BCUT2D eigenvalue weighted by molar-refractivity contribution is 7.88. The number of alkyl halides is 3. The maximum Gasteiger partial charge on any atom is 0.419 e. The highest BCUT2D eigenvalue weighted by Crippen LogP contribution is 2.39. The molecule has 0 saturated carbocycles. The quantitative estimate of drug-likeness (QED) is 0.588. The van der Waals surface area contributed by atoms with Gasteiger partial charge in [0, 0.05) is 30.2 Å². The molecule has 3 heterocycles. The highest BCUT2D eigenvalue weighted by atomic mass is 32.2. The van der Waals surface area contributed by atoms with Gasteiger partial charge in [0.05, 0.1) is 23.0 Å². The number of aromatic hydroxyl groups is 1. The van der Waals surface area contributed by atoms with Crippen LogP contribution >= 0.6 is 0 Å². The van der Waals surface area contributed by atoms with Gasteiger partial charge in [-0.1, -0.05) is 6.08 Å². The van der Waals surface area contributed by atoms with Gasteiger partial charge in [0.1, 0.15) is 5.69 Å². The summed E-state index contributed by atoms with van der Waals surface area (Å²) in [5, 5.41) is 16.7. The number of sulfonamides is 1. The summed E-state index contributed by atoms with van der Waals surface area (Å²) in [6, 6.07) is 3.11. The summed E-state index contributed by atoms with van der Waals surface area (Å²) in [6.07, 6.45) is -0.222. The molecule has 1 aliphatic heterocycles. The van der Waals surface area contributed by atoms with Gasteiger partial charge < -0.3 is 5.11 Å². The molecule has 0 spiro atoms. The minimum atomic E-state index is -4.98. The first kappa shape index (κ1) is 21.2. The number of hydrogen-bond acceptors (Lipinski definition) is 5. The summed E-state index contributed by atoms with van der Waals surface area (Å²) in [5.41, 5.74) is 0.254. The van der Waals surface area contributed by atoms with Crippen LogP contribution < -0.4 is 0 Å². The fourth-order valence-corrected chi connectivity index (χ4v) is 4.21. The van der Waals surface area contributed by atoms with E-state index in [1.807, 2.05) is 0 Å². The molecule has 2 N–H and O–H groups in total. The number of hydrogen-bond donors (Lipinski definition) is 2. The van der Waals surface area contributed by atoms with Crippen LogP contribution in [0.3, 0.4) is 0 Å². The molecule has 1 aromatic carbocycles. The zero-order valence-corrected chi connectivity index (χ0v) is 16.9. The zero-order chi connectivity index (χ0) is 22.6. The maximum absolute atomic E-state index is 13.7. The van der Waals surface area contributed by atoms with Crippen molar-refractivity contribution in [3.8, 4) is 17.0 Å². The molecule has 1 aliphatic rings. The second kappa shape index (κ2) is 7.31. The summed E-state index contributed by atoms with van der Waals surface area (Å²) in [7, 11) is -3.29. The van der Waals surface area contributed by atoms with Crippen molar-refractivity contribution >= 4 is 26.5 Å². The average molecular weight is 456 g/mol. The Kier molecular flexibility index (Phi) is 5.01. The van der Waals surface area contributed by atoms with Crippen LogP contribution in [0.25, 0.3) is 27.7 Å². The van der Waals surface area contributed by atoms with Crippen LogP contribution in [0, 0.1) is 5.82 Å². The predicted octanol–water partition coefficient (Wildman–Crippen LogP) is 3.54. The number of phenols is 1. The number of fused-ring (bicyclic) bond motifs is 1. The fraction of sp³-hybridized carbons (Fsp3) is 0.263.